The first kappa shape index (κ1) is 11.0. The van der Waals surface area contributed by atoms with Crippen LogP contribution in [0.3, 0.4) is 0 Å². The molecule has 1 aromatic heterocycles. The molecule has 3 nitrogen and oxygen atoms in total. The minimum Gasteiger partial charge on any atom is -0.258 e. The lowest BCUT2D eigenvalue weighted by molar-refractivity contribution is 0.258. The van der Waals surface area contributed by atoms with E-state index in [1.165, 1.54) is 0 Å². The maximum Gasteiger partial charge on any atom is 0.156 e. The van der Waals surface area contributed by atoms with E-state index in [0.717, 1.165) is 25.1 Å². The van der Waals surface area contributed by atoms with Gasteiger partial charge in [0.1, 0.15) is 4.60 Å². The molecule has 2 heterocycles. The summed E-state index contributed by atoms with van der Waals surface area (Å²) in [6, 6.07) is 1.57. The Morgan fingerprint density at radius 2 is 2.47 bits per heavy atom. The van der Waals surface area contributed by atoms with Crippen molar-refractivity contribution in [3.05, 3.63) is 28.2 Å². The van der Waals surface area contributed by atoms with E-state index >= 15 is 0 Å². The third kappa shape index (κ3) is 2.35. The number of hydrogen-bond donors (Lipinski definition) is 1. The van der Waals surface area contributed by atoms with Crippen LogP contribution in [0.4, 0.5) is 4.39 Å². The normalized spacial score (nSPS) is 22.2. The maximum absolute atomic E-state index is 13.3. The van der Waals surface area contributed by atoms with E-state index in [-0.39, 0.29) is 10.4 Å². The summed E-state index contributed by atoms with van der Waals surface area (Å²) in [5, 5.41) is 2.13. The van der Waals surface area contributed by atoms with Gasteiger partial charge in [0.25, 0.3) is 0 Å². The molecule has 82 valence electrons. The van der Waals surface area contributed by atoms with Crippen molar-refractivity contribution < 1.29 is 4.39 Å². The van der Waals surface area contributed by atoms with Crippen molar-refractivity contribution in [2.24, 2.45) is 0 Å². The summed E-state index contributed by atoms with van der Waals surface area (Å²) in [6.07, 6.45) is 2.79. The fourth-order valence-electron chi connectivity index (χ4n) is 1.89. The van der Waals surface area contributed by atoms with E-state index in [1.54, 1.807) is 12.3 Å². The number of hydrazine groups is 1. The van der Waals surface area contributed by atoms with Gasteiger partial charge in [-0.3, -0.25) is 5.43 Å². The Balaban J connectivity index is 2.13. The summed E-state index contributed by atoms with van der Waals surface area (Å²) in [4.78, 5) is 3.98. The van der Waals surface area contributed by atoms with Crippen LogP contribution in [0.25, 0.3) is 0 Å². The summed E-state index contributed by atoms with van der Waals surface area (Å²) in [6.45, 7) is 1.91. The quantitative estimate of drug-likeness (QED) is 0.835. The van der Waals surface area contributed by atoms with Gasteiger partial charge in [0.15, 0.2) is 5.82 Å². The Morgan fingerprint density at radius 3 is 3.07 bits per heavy atom. The first-order chi connectivity index (χ1) is 7.20. The number of nitrogens with one attached hydrogen (secondary N) is 1. The number of aromatic nitrogens is 1. The van der Waals surface area contributed by atoms with E-state index < -0.39 is 0 Å². The lowest BCUT2D eigenvalue weighted by Gasteiger charge is -2.14. The summed E-state index contributed by atoms with van der Waals surface area (Å²) < 4.78 is 13.6. The average Bonchev–Trinajstić information content (AvgIpc) is 2.70. The molecule has 1 atom stereocenters. The van der Waals surface area contributed by atoms with Crippen molar-refractivity contribution in [1.82, 2.24) is 15.4 Å². The van der Waals surface area contributed by atoms with Crippen molar-refractivity contribution in [2.45, 2.75) is 12.3 Å². The van der Waals surface area contributed by atoms with Gasteiger partial charge in [0.05, 0.1) is 0 Å². The van der Waals surface area contributed by atoms with Crippen molar-refractivity contribution in [3.63, 3.8) is 0 Å². The van der Waals surface area contributed by atoms with E-state index in [2.05, 4.69) is 31.3 Å². The zero-order chi connectivity index (χ0) is 10.8. The molecule has 1 aliphatic rings. The molecule has 0 aromatic carbocycles. The van der Waals surface area contributed by atoms with Crippen molar-refractivity contribution >= 4 is 15.9 Å². The molecule has 1 fully saturated rings. The van der Waals surface area contributed by atoms with Gasteiger partial charge in [-0.05, 0) is 41.0 Å². The maximum atomic E-state index is 13.3. The molecule has 0 amide bonds. The number of rotatable bonds is 2. The molecule has 2 rings (SSSR count). The second-order valence-electron chi connectivity index (χ2n) is 3.70. The monoisotopic (exact) mass is 273 g/mol. The standard InChI is InChI=1S/C10H13BrFN3/c1-13-15-3-2-7(6-15)8-4-9(12)10(11)14-5-8/h4-5,7,13H,2-3,6H2,1H3/t7-/m0/s1. The van der Waals surface area contributed by atoms with Crippen LogP contribution in [0.2, 0.25) is 0 Å². The van der Waals surface area contributed by atoms with E-state index in [1.807, 2.05) is 7.05 Å². The van der Waals surface area contributed by atoms with Gasteiger partial charge < -0.3 is 0 Å². The van der Waals surface area contributed by atoms with Gasteiger partial charge in [-0.1, -0.05) is 0 Å². The molecular formula is C10H13BrFN3. The fourth-order valence-corrected chi connectivity index (χ4v) is 2.11. The Bertz CT molecular complexity index is 359. The fraction of sp³-hybridized carbons (Fsp3) is 0.500. The molecule has 1 N–H and O–H groups in total. The lowest BCUT2D eigenvalue weighted by atomic mass is 10.0. The first-order valence-electron chi connectivity index (χ1n) is 4.94. The van der Waals surface area contributed by atoms with E-state index in [0.29, 0.717) is 5.92 Å². The molecule has 1 aromatic rings. The van der Waals surface area contributed by atoms with Gasteiger partial charge in [-0.15, -0.1) is 0 Å². The lowest BCUT2D eigenvalue weighted by Crippen LogP contribution is -2.32. The van der Waals surface area contributed by atoms with Crippen LogP contribution >= 0.6 is 15.9 Å². The van der Waals surface area contributed by atoms with Crippen LogP contribution in [0.5, 0.6) is 0 Å². The van der Waals surface area contributed by atoms with Gasteiger partial charge in [0.2, 0.25) is 0 Å². The highest BCUT2D eigenvalue weighted by atomic mass is 79.9. The van der Waals surface area contributed by atoms with Crippen molar-refractivity contribution in [1.29, 1.82) is 0 Å². The zero-order valence-corrected chi connectivity index (χ0v) is 10.1. The minimum absolute atomic E-state index is 0.282. The van der Waals surface area contributed by atoms with Crippen LogP contribution < -0.4 is 5.43 Å². The average molecular weight is 274 g/mol. The molecule has 1 saturated heterocycles. The molecule has 15 heavy (non-hydrogen) atoms. The molecule has 0 aliphatic carbocycles. The minimum atomic E-state index is -0.282. The first-order valence-corrected chi connectivity index (χ1v) is 5.73. The van der Waals surface area contributed by atoms with Gasteiger partial charge in [0, 0.05) is 25.2 Å². The van der Waals surface area contributed by atoms with Crippen LogP contribution in [-0.2, 0) is 0 Å². The Kier molecular flexibility index (Phi) is 3.33. The number of halogens is 2. The molecule has 0 saturated carbocycles. The third-order valence-corrected chi connectivity index (χ3v) is 3.38. The largest absolute Gasteiger partial charge is 0.258 e. The summed E-state index contributed by atoms with van der Waals surface area (Å²) in [5.41, 5.74) is 4.08. The molecule has 5 heteroatoms. The number of pyridine rings is 1. The summed E-state index contributed by atoms with van der Waals surface area (Å²) >= 11 is 3.05. The molecule has 0 spiro atoms. The second kappa shape index (κ2) is 4.55. The van der Waals surface area contributed by atoms with Crippen molar-refractivity contribution in [3.8, 4) is 0 Å². The predicted molar refractivity (Wildman–Crippen MR) is 59.9 cm³/mol. The van der Waals surface area contributed by atoms with E-state index in [4.69, 9.17) is 0 Å². The van der Waals surface area contributed by atoms with Crippen LogP contribution in [0.1, 0.15) is 17.9 Å². The molecule has 0 radical (unpaired) electrons. The highest BCUT2D eigenvalue weighted by molar-refractivity contribution is 9.10. The van der Waals surface area contributed by atoms with Gasteiger partial charge in [-0.25, -0.2) is 14.4 Å². The smallest absolute Gasteiger partial charge is 0.156 e. The van der Waals surface area contributed by atoms with Crippen LogP contribution in [-0.4, -0.2) is 30.1 Å². The molecule has 1 aliphatic heterocycles. The summed E-state index contributed by atoms with van der Waals surface area (Å²) in [5.74, 6) is 0.1000. The van der Waals surface area contributed by atoms with Crippen LogP contribution in [0, 0.1) is 5.82 Å². The predicted octanol–water partition coefficient (Wildman–Crippen LogP) is 1.91. The number of nitrogens with zero attached hydrogens (tertiary/aromatic N) is 2. The highest BCUT2D eigenvalue weighted by Gasteiger charge is 2.23. The molecular weight excluding hydrogens is 261 g/mol. The number of hydrogen-bond acceptors (Lipinski definition) is 3. The van der Waals surface area contributed by atoms with Crippen molar-refractivity contribution in [2.75, 3.05) is 20.1 Å². The highest BCUT2D eigenvalue weighted by Crippen LogP contribution is 2.27. The van der Waals surface area contributed by atoms with E-state index in [9.17, 15) is 4.39 Å². The SMILES string of the molecule is CNN1CC[C@H](c2cnc(Br)c(F)c2)C1. The van der Waals surface area contributed by atoms with Gasteiger partial charge >= 0.3 is 0 Å². The topological polar surface area (TPSA) is 28.2 Å². The van der Waals surface area contributed by atoms with Crippen LogP contribution in [0.15, 0.2) is 16.9 Å². The Morgan fingerprint density at radius 1 is 1.67 bits per heavy atom. The molecule has 0 bridgehead atoms. The zero-order valence-electron chi connectivity index (χ0n) is 8.50. The Labute approximate surface area is 96.8 Å². The third-order valence-electron chi connectivity index (χ3n) is 2.79. The molecule has 0 unspecified atom stereocenters. The second-order valence-corrected chi connectivity index (χ2v) is 4.45. The Hall–Kier alpha value is -0.520. The summed E-state index contributed by atoms with van der Waals surface area (Å²) in [7, 11) is 1.91. The van der Waals surface area contributed by atoms with Gasteiger partial charge in [-0.2, -0.15) is 0 Å².